The number of benzene rings is 1. The monoisotopic (exact) mass is 186 g/mol. The molecule has 0 amide bonds. The van der Waals surface area contributed by atoms with Crippen molar-refractivity contribution in [3.8, 4) is 5.75 Å². The van der Waals surface area contributed by atoms with E-state index in [1.54, 1.807) is 12.1 Å². The van der Waals surface area contributed by atoms with Gasteiger partial charge in [0.05, 0.1) is 5.97 Å². The molecular weight excluding hydrogens is 179 g/mol. The van der Waals surface area contributed by atoms with E-state index in [-0.39, 0.29) is 35.3 Å². The third kappa shape index (κ3) is 4.72. The number of phenols is 1. The van der Waals surface area contributed by atoms with Crippen LogP contribution in [-0.2, 0) is 4.79 Å². The summed E-state index contributed by atoms with van der Waals surface area (Å²) in [6.07, 6.45) is 2.33. The Morgan fingerprint density at radius 2 is 1.85 bits per heavy atom. The van der Waals surface area contributed by atoms with Gasteiger partial charge in [-0.05, 0) is 23.8 Å². The van der Waals surface area contributed by atoms with E-state index in [0.29, 0.717) is 5.56 Å². The first-order valence-corrected chi connectivity index (χ1v) is 3.36. The van der Waals surface area contributed by atoms with Gasteiger partial charge in [0.15, 0.2) is 0 Å². The maximum absolute atomic E-state index is 9.99. The van der Waals surface area contributed by atoms with E-state index in [1.807, 2.05) is 0 Å². The molecule has 4 heteroatoms. The van der Waals surface area contributed by atoms with E-state index >= 15 is 0 Å². The van der Waals surface area contributed by atoms with E-state index < -0.39 is 5.97 Å². The average molecular weight is 186 g/mol. The summed E-state index contributed by atoms with van der Waals surface area (Å²) in [5, 5.41) is 18.9. The summed E-state index contributed by atoms with van der Waals surface area (Å²) in [6.45, 7) is 0. The first-order chi connectivity index (χ1) is 5.68. The van der Waals surface area contributed by atoms with Gasteiger partial charge in [0.25, 0.3) is 0 Å². The number of carbonyl (C=O) groups excluding carboxylic acids is 1. The summed E-state index contributed by atoms with van der Waals surface area (Å²) in [5.41, 5.74) is 0.706. The zero-order valence-corrected chi connectivity index (χ0v) is 9.23. The predicted molar refractivity (Wildman–Crippen MR) is 42.1 cm³/mol. The predicted octanol–water partition coefficient (Wildman–Crippen LogP) is -2.84. The third-order valence-corrected chi connectivity index (χ3v) is 1.30. The minimum absolute atomic E-state index is 0. The summed E-state index contributed by atoms with van der Waals surface area (Å²) in [5.74, 6) is -1.08. The molecule has 0 atom stereocenters. The van der Waals surface area contributed by atoms with Gasteiger partial charge in [0.2, 0.25) is 0 Å². The van der Waals surface area contributed by atoms with Crippen LogP contribution in [0.2, 0.25) is 0 Å². The Labute approximate surface area is 98.0 Å². The molecule has 3 nitrogen and oxygen atoms in total. The molecule has 0 spiro atoms. The van der Waals surface area contributed by atoms with Gasteiger partial charge in [-0.3, -0.25) is 0 Å². The Balaban J connectivity index is 0.00000144. The Morgan fingerprint density at radius 3 is 2.31 bits per heavy atom. The normalized spacial score (nSPS) is 9.54. The summed E-state index contributed by atoms with van der Waals surface area (Å²) in [4.78, 5) is 9.99. The summed E-state index contributed by atoms with van der Waals surface area (Å²) in [7, 11) is 0. The Morgan fingerprint density at radius 1 is 1.31 bits per heavy atom. The molecule has 0 aliphatic carbocycles. The van der Waals surface area contributed by atoms with Crippen molar-refractivity contribution >= 4 is 12.0 Å². The Hall–Kier alpha value is -0.770. The van der Waals surface area contributed by atoms with Gasteiger partial charge in [-0.2, -0.15) is 0 Å². The minimum Gasteiger partial charge on any atom is -0.545 e. The average Bonchev–Trinajstić information content (AvgIpc) is 2.03. The van der Waals surface area contributed by atoms with E-state index in [9.17, 15) is 9.90 Å². The van der Waals surface area contributed by atoms with Crippen LogP contribution in [0.15, 0.2) is 30.3 Å². The summed E-state index contributed by atoms with van der Waals surface area (Å²) in [6, 6.07) is 6.17. The number of carbonyl (C=O) groups is 1. The molecule has 0 radical (unpaired) electrons. The number of rotatable bonds is 2. The second kappa shape index (κ2) is 5.80. The van der Waals surface area contributed by atoms with Gasteiger partial charge in [-0.15, -0.1) is 0 Å². The molecule has 0 fully saturated rings. The molecule has 13 heavy (non-hydrogen) atoms. The van der Waals surface area contributed by atoms with E-state index in [4.69, 9.17) is 5.11 Å². The Bertz CT molecular complexity index is 303. The maximum Gasteiger partial charge on any atom is 1.00 e. The SMILES string of the molecule is O=C([O-])/C=C/c1ccc(O)cc1.[Na+]. The van der Waals surface area contributed by atoms with Crippen LogP contribution in [0.1, 0.15) is 5.56 Å². The fraction of sp³-hybridized carbons (Fsp3) is 0. The zero-order valence-electron chi connectivity index (χ0n) is 7.23. The Kier molecular flexibility index (Phi) is 5.46. The molecular formula is C9H7NaO3. The second-order valence-corrected chi connectivity index (χ2v) is 2.24. The number of aromatic hydroxyl groups is 1. The summed E-state index contributed by atoms with van der Waals surface area (Å²) < 4.78 is 0. The van der Waals surface area contributed by atoms with Crippen molar-refractivity contribution in [2.24, 2.45) is 0 Å². The number of hydrogen-bond donors (Lipinski definition) is 1. The fourth-order valence-corrected chi connectivity index (χ4v) is 0.750. The molecule has 0 aliphatic rings. The van der Waals surface area contributed by atoms with E-state index in [0.717, 1.165) is 6.08 Å². The van der Waals surface area contributed by atoms with Gasteiger partial charge in [0.1, 0.15) is 5.75 Å². The van der Waals surface area contributed by atoms with Gasteiger partial charge < -0.3 is 15.0 Å². The number of aliphatic carboxylic acids is 1. The maximum atomic E-state index is 9.99. The minimum atomic E-state index is -1.23. The molecule has 0 saturated carbocycles. The molecule has 1 N–H and O–H groups in total. The van der Waals surface area contributed by atoms with Crippen molar-refractivity contribution in [2.75, 3.05) is 0 Å². The zero-order chi connectivity index (χ0) is 8.97. The molecule has 1 aromatic rings. The van der Waals surface area contributed by atoms with Crippen molar-refractivity contribution < 1.29 is 44.6 Å². The van der Waals surface area contributed by atoms with Crippen LogP contribution in [0.3, 0.4) is 0 Å². The van der Waals surface area contributed by atoms with Crippen LogP contribution in [-0.4, -0.2) is 11.1 Å². The van der Waals surface area contributed by atoms with Crippen molar-refractivity contribution in [1.29, 1.82) is 0 Å². The first kappa shape index (κ1) is 12.2. The third-order valence-electron chi connectivity index (χ3n) is 1.30. The topological polar surface area (TPSA) is 60.4 Å². The summed E-state index contributed by atoms with van der Waals surface area (Å²) >= 11 is 0. The van der Waals surface area contributed by atoms with Crippen LogP contribution < -0.4 is 34.7 Å². The van der Waals surface area contributed by atoms with Crippen molar-refractivity contribution in [3.05, 3.63) is 35.9 Å². The van der Waals surface area contributed by atoms with Crippen LogP contribution in [0.25, 0.3) is 6.08 Å². The molecule has 0 bridgehead atoms. The van der Waals surface area contributed by atoms with Crippen LogP contribution >= 0.6 is 0 Å². The fourth-order valence-electron chi connectivity index (χ4n) is 0.750. The molecule has 0 heterocycles. The molecule has 62 valence electrons. The van der Waals surface area contributed by atoms with Gasteiger partial charge in [0, 0.05) is 0 Å². The number of phenolic OH excluding ortho intramolecular Hbond substituents is 1. The second-order valence-electron chi connectivity index (χ2n) is 2.24. The molecule has 1 rings (SSSR count). The van der Waals surface area contributed by atoms with Crippen molar-refractivity contribution in [1.82, 2.24) is 0 Å². The van der Waals surface area contributed by atoms with Crippen LogP contribution in [0, 0.1) is 0 Å². The first-order valence-electron chi connectivity index (χ1n) is 3.36. The van der Waals surface area contributed by atoms with Gasteiger partial charge in [-0.1, -0.05) is 18.2 Å². The molecule has 0 aromatic heterocycles. The smallest absolute Gasteiger partial charge is 0.545 e. The van der Waals surface area contributed by atoms with Crippen LogP contribution in [0.5, 0.6) is 5.75 Å². The van der Waals surface area contributed by atoms with Crippen molar-refractivity contribution in [3.63, 3.8) is 0 Å². The van der Waals surface area contributed by atoms with Crippen LogP contribution in [0.4, 0.5) is 0 Å². The largest absolute Gasteiger partial charge is 1.00 e. The number of carboxylic acid groups (broad SMARTS) is 1. The molecule has 0 unspecified atom stereocenters. The van der Waals surface area contributed by atoms with Gasteiger partial charge >= 0.3 is 29.6 Å². The van der Waals surface area contributed by atoms with E-state index in [1.165, 1.54) is 18.2 Å². The van der Waals surface area contributed by atoms with E-state index in [2.05, 4.69) is 0 Å². The number of hydrogen-bond acceptors (Lipinski definition) is 3. The van der Waals surface area contributed by atoms with Gasteiger partial charge in [-0.25, -0.2) is 0 Å². The molecule has 0 saturated heterocycles. The molecule has 0 aliphatic heterocycles. The number of carboxylic acids is 1. The molecule has 1 aromatic carbocycles. The standard InChI is InChI=1S/C9H8O3.Na/c10-8-4-1-7(2-5-8)3-6-9(11)12;/h1-6,10H,(H,11,12);/q;+1/p-1/b6-3+;. The quantitative estimate of drug-likeness (QED) is 0.400. The van der Waals surface area contributed by atoms with Crippen molar-refractivity contribution in [2.45, 2.75) is 0 Å².